The lowest BCUT2D eigenvalue weighted by molar-refractivity contribution is 0.190. The van der Waals surface area contributed by atoms with Gasteiger partial charge in [0.15, 0.2) is 17.5 Å². The van der Waals surface area contributed by atoms with E-state index in [0.717, 1.165) is 17.0 Å². The number of nitrogens with zero attached hydrogens (tertiary/aromatic N) is 3. The van der Waals surface area contributed by atoms with Crippen LogP contribution in [0.15, 0.2) is 48.7 Å². The number of hydrogen-bond donors (Lipinski definition) is 2. The highest BCUT2D eigenvalue weighted by atomic mass is 19.2. The van der Waals surface area contributed by atoms with Crippen molar-refractivity contribution in [2.75, 3.05) is 36.4 Å². The first-order chi connectivity index (χ1) is 15.8. The third kappa shape index (κ3) is 5.69. The summed E-state index contributed by atoms with van der Waals surface area (Å²) in [7, 11) is 3.05. The van der Waals surface area contributed by atoms with Crippen molar-refractivity contribution < 1.29 is 27.4 Å². The number of rotatable bonds is 8. The summed E-state index contributed by atoms with van der Waals surface area (Å²) < 4.78 is 51.3. The van der Waals surface area contributed by atoms with E-state index in [-0.39, 0.29) is 17.8 Å². The van der Waals surface area contributed by atoms with Crippen molar-refractivity contribution >= 4 is 29.2 Å². The van der Waals surface area contributed by atoms with E-state index in [9.17, 15) is 18.0 Å². The van der Waals surface area contributed by atoms with Crippen LogP contribution in [0.4, 0.5) is 41.1 Å². The van der Waals surface area contributed by atoms with Crippen molar-refractivity contribution in [2.45, 2.75) is 13.0 Å². The van der Waals surface area contributed by atoms with Crippen LogP contribution in [0, 0.1) is 17.5 Å². The van der Waals surface area contributed by atoms with Gasteiger partial charge in [-0.3, -0.25) is 0 Å². The predicted molar refractivity (Wildman–Crippen MR) is 117 cm³/mol. The van der Waals surface area contributed by atoms with E-state index in [1.165, 1.54) is 19.4 Å². The molecule has 0 radical (unpaired) electrons. The average Bonchev–Trinajstić information content (AvgIpc) is 2.80. The van der Waals surface area contributed by atoms with Gasteiger partial charge in [0, 0.05) is 25.4 Å². The van der Waals surface area contributed by atoms with Gasteiger partial charge in [0.05, 0.1) is 25.1 Å². The summed E-state index contributed by atoms with van der Waals surface area (Å²) in [4.78, 5) is 22.8. The number of urea groups is 1. The van der Waals surface area contributed by atoms with Gasteiger partial charge in [-0.05, 0) is 43.3 Å². The van der Waals surface area contributed by atoms with Gasteiger partial charge in [-0.15, -0.1) is 0 Å². The van der Waals surface area contributed by atoms with Crippen LogP contribution in [-0.4, -0.2) is 42.9 Å². The molecule has 3 rings (SSSR count). The van der Waals surface area contributed by atoms with Gasteiger partial charge in [-0.2, -0.15) is 4.98 Å². The molecule has 0 unspecified atom stereocenters. The number of benzene rings is 2. The second-order valence-corrected chi connectivity index (χ2v) is 6.93. The van der Waals surface area contributed by atoms with Gasteiger partial charge >= 0.3 is 6.03 Å². The average molecular weight is 461 g/mol. The molecule has 0 aliphatic heterocycles. The molecule has 0 saturated carbocycles. The van der Waals surface area contributed by atoms with E-state index in [2.05, 4.69) is 20.6 Å². The third-order valence-electron chi connectivity index (χ3n) is 4.47. The van der Waals surface area contributed by atoms with Gasteiger partial charge in [0.25, 0.3) is 0 Å². The minimum absolute atomic E-state index is 0.121. The van der Waals surface area contributed by atoms with E-state index in [0.29, 0.717) is 18.0 Å². The summed E-state index contributed by atoms with van der Waals surface area (Å²) in [5.41, 5.74) is -0.176. The SMILES string of the molecule is COC[C@H](C)Nc1nccc(N(C(=O)Nc2ccc(F)c(F)c2F)c2ccc(OC)cc2)n1. The van der Waals surface area contributed by atoms with Crippen LogP contribution < -0.4 is 20.3 Å². The number of carbonyl (C=O) groups is 1. The highest BCUT2D eigenvalue weighted by Gasteiger charge is 2.23. The monoisotopic (exact) mass is 461 g/mol. The zero-order chi connectivity index (χ0) is 24.0. The molecule has 174 valence electrons. The number of carbonyl (C=O) groups excluding carboxylic acids is 1. The minimum atomic E-state index is -1.69. The Morgan fingerprint density at radius 1 is 1.06 bits per heavy atom. The molecule has 11 heteroatoms. The molecule has 0 saturated heterocycles. The van der Waals surface area contributed by atoms with Crippen molar-refractivity contribution in [1.29, 1.82) is 0 Å². The molecule has 2 amide bonds. The van der Waals surface area contributed by atoms with Crippen LogP contribution in [0.1, 0.15) is 6.92 Å². The van der Waals surface area contributed by atoms with Gasteiger partial charge in [-0.1, -0.05) is 0 Å². The van der Waals surface area contributed by atoms with Crippen LogP contribution in [0.2, 0.25) is 0 Å². The van der Waals surface area contributed by atoms with Gasteiger partial charge in [0.1, 0.15) is 11.6 Å². The zero-order valence-corrected chi connectivity index (χ0v) is 18.1. The van der Waals surface area contributed by atoms with E-state index >= 15 is 0 Å². The Hall–Kier alpha value is -3.86. The second kappa shape index (κ2) is 10.6. The molecule has 2 N–H and O–H groups in total. The molecule has 0 bridgehead atoms. The number of ether oxygens (including phenoxy) is 2. The Kier molecular flexibility index (Phi) is 7.67. The molecule has 1 heterocycles. The first-order valence-corrected chi connectivity index (χ1v) is 9.81. The molecule has 3 aromatic rings. The first-order valence-electron chi connectivity index (χ1n) is 9.81. The van der Waals surface area contributed by atoms with Gasteiger partial charge in [-0.25, -0.2) is 27.8 Å². The number of amides is 2. The number of nitrogens with one attached hydrogen (secondary N) is 2. The Labute approximate surface area is 188 Å². The molecular weight excluding hydrogens is 439 g/mol. The van der Waals surface area contributed by atoms with Crippen molar-refractivity contribution in [1.82, 2.24) is 9.97 Å². The molecule has 0 aliphatic rings. The maximum atomic E-state index is 14.2. The van der Waals surface area contributed by atoms with Crippen LogP contribution >= 0.6 is 0 Å². The summed E-state index contributed by atoms with van der Waals surface area (Å²) >= 11 is 0. The Bertz CT molecular complexity index is 1110. The summed E-state index contributed by atoms with van der Waals surface area (Å²) in [6.07, 6.45) is 1.44. The number of methoxy groups -OCH3 is 2. The Morgan fingerprint density at radius 2 is 1.79 bits per heavy atom. The normalized spacial score (nSPS) is 11.6. The lowest BCUT2D eigenvalue weighted by Gasteiger charge is -2.23. The van der Waals surface area contributed by atoms with E-state index in [4.69, 9.17) is 9.47 Å². The lowest BCUT2D eigenvalue weighted by atomic mass is 10.2. The molecule has 33 heavy (non-hydrogen) atoms. The fourth-order valence-corrected chi connectivity index (χ4v) is 2.93. The molecule has 0 spiro atoms. The second-order valence-electron chi connectivity index (χ2n) is 6.93. The standard InChI is InChI=1S/C22H22F3N5O3/c1-13(12-32-2)27-21-26-11-10-18(29-21)30(14-4-6-15(33-3)7-5-14)22(31)28-17-9-8-16(23)19(24)20(17)25/h4-11,13H,12H2,1-3H3,(H,28,31)(H,26,27,29)/t13-/m0/s1. The largest absolute Gasteiger partial charge is 0.497 e. The number of halogens is 3. The van der Waals surface area contributed by atoms with E-state index < -0.39 is 29.2 Å². The number of aromatic nitrogens is 2. The fraction of sp³-hybridized carbons (Fsp3) is 0.227. The fourth-order valence-electron chi connectivity index (χ4n) is 2.93. The van der Waals surface area contributed by atoms with Crippen molar-refractivity contribution in [3.63, 3.8) is 0 Å². The van der Waals surface area contributed by atoms with E-state index in [1.54, 1.807) is 31.4 Å². The smallest absolute Gasteiger partial charge is 0.332 e. The topological polar surface area (TPSA) is 88.6 Å². The highest BCUT2D eigenvalue weighted by molar-refractivity contribution is 6.06. The molecule has 8 nitrogen and oxygen atoms in total. The maximum Gasteiger partial charge on any atom is 0.332 e. The third-order valence-corrected chi connectivity index (χ3v) is 4.47. The summed E-state index contributed by atoms with van der Waals surface area (Å²) in [6.45, 7) is 2.25. The van der Waals surface area contributed by atoms with Crippen LogP contribution in [0.3, 0.4) is 0 Å². The van der Waals surface area contributed by atoms with Crippen LogP contribution in [0.25, 0.3) is 0 Å². The van der Waals surface area contributed by atoms with E-state index in [1.807, 2.05) is 6.92 Å². The van der Waals surface area contributed by atoms with Crippen LogP contribution in [0.5, 0.6) is 5.75 Å². The predicted octanol–water partition coefficient (Wildman–Crippen LogP) is 4.72. The molecule has 1 atom stereocenters. The summed E-state index contributed by atoms with van der Waals surface area (Å²) in [5, 5.41) is 5.30. The first kappa shape index (κ1) is 23.8. The zero-order valence-electron chi connectivity index (χ0n) is 18.1. The highest BCUT2D eigenvalue weighted by Crippen LogP contribution is 2.28. The van der Waals surface area contributed by atoms with Crippen LogP contribution in [-0.2, 0) is 4.74 Å². The molecular formula is C22H22F3N5O3. The molecule has 0 aliphatic carbocycles. The Balaban J connectivity index is 1.98. The van der Waals surface area contributed by atoms with Gasteiger partial charge in [0.2, 0.25) is 5.95 Å². The molecule has 1 aromatic heterocycles. The summed E-state index contributed by atoms with van der Waals surface area (Å²) in [5.74, 6) is -3.66. The van der Waals surface area contributed by atoms with Crippen molar-refractivity contribution in [3.8, 4) is 5.75 Å². The van der Waals surface area contributed by atoms with Crippen molar-refractivity contribution in [3.05, 3.63) is 66.1 Å². The summed E-state index contributed by atoms with van der Waals surface area (Å²) in [6, 6.07) is 8.55. The number of anilines is 4. The molecule has 0 fully saturated rings. The maximum absolute atomic E-state index is 14.2. The quantitative estimate of drug-likeness (QED) is 0.472. The van der Waals surface area contributed by atoms with Crippen molar-refractivity contribution in [2.24, 2.45) is 0 Å². The Morgan fingerprint density at radius 3 is 2.45 bits per heavy atom. The molecule has 2 aromatic carbocycles. The lowest BCUT2D eigenvalue weighted by Crippen LogP contribution is -2.32. The number of hydrogen-bond acceptors (Lipinski definition) is 6. The minimum Gasteiger partial charge on any atom is -0.497 e. The van der Waals surface area contributed by atoms with Gasteiger partial charge < -0.3 is 20.1 Å².